The molecule has 5 nitrogen and oxygen atoms in total. The highest BCUT2D eigenvalue weighted by atomic mass is 16.5. The second-order valence-electron chi connectivity index (χ2n) is 6.36. The van der Waals surface area contributed by atoms with Crippen LogP contribution in [-0.2, 0) is 22.5 Å². The van der Waals surface area contributed by atoms with Crippen LogP contribution in [0.4, 0.5) is 0 Å². The normalized spacial score (nSPS) is 25.4. The zero-order valence-electron chi connectivity index (χ0n) is 12.8. The Labute approximate surface area is 126 Å². The molecule has 2 aliphatic heterocycles. The van der Waals surface area contributed by atoms with E-state index in [0.29, 0.717) is 12.3 Å². The van der Waals surface area contributed by atoms with E-state index in [2.05, 4.69) is 9.55 Å². The van der Waals surface area contributed by atoms with Crippen LogP contribution in [0.5, 0.6) is 0 Å². The van der Waals surface area contributed by atoms with Crippen LogP contribution in [0.3, 0.4) is 0 Å². The monoisotopic (exact) mass is 291 g/mol. The lowest BCUT2D eigenvalue weighted by Gasteiger charge is -2.29. The van der Waals surface area contributed by atoms with Crippen molar-refractivity contribution >= 4 is 5.91 Å². The van der Waals surface area contributed by atoms with Gasteiger partial charge in [0.1, 0.15) is 5.82 Å². The van der Waals surface area contributed by atoms with E-state index in [4.69, 9.17) is 4.74 Å². The fourth-order valence-corrected chi connectivity index (χ4v) is 3.38. The zero-order valence-corrected chi connectivity index (χ0v) is 12.8. The molecule has 1 aromatic rings. The Hall–Kier alpha value is -1.36. The lowest BCUT2D eigenvalue weighted by molar-refractivity contribution is -0.134. The molecule has 0 unspecified atom stereocenters. The van der Waals surface area contributed by atoms with Crippen molar-refractivity contribution in [3.05, 3.63) is 18.2 Å². The molecule has 116 valence electrons. The van der Waals surface area contributed by atoms with Crippen molar-refractivity contribution in [1.29, 1.82) is 0 Å². The minimum absolute atomic E-state index is 0.138. The summed E-state index contributed by atoms with van der Waals surface area (Å²) >= 11 is 0. The third-order valence-corrected chi connectivity index (χ3v) is 4.69. The molecule has 21 heavy (non-hydrogen) atoms. The summed E-state index contributed by atoms with van der Waals surface area (Å²) in [6, 6.07) is 0. The predicted molar refractivity (Wildman–Crippen MR) is 79.9 cm³/mol. The molecule has 0 N–H and O–H groups in total. The van der Waals surface area contributed by atoms with Crippen LogP contribution in [0.25, 0.3) is 0 Å². The molecule has 2 atom stereocenters. The van der Waals surface area contributed by atoms with Gasteiger partial charge in [-0.25, -0.2) is 4.98 Å². The molecule has 2 aliphatic rings. The van der Waals surface area contributed by atoms with Gasteiger partial charge in [-0.3, -0.25) is 4.79 Å². The number of hydrogen-bond acceptors (Lipinski definition) is 3. The molecule has 0 bridgehead atoms. The largest absolute Gasteiger partial charge is 0.378 e. The molecular weight excluding hydrogens is 266 g/mol. The standard InChI is InChI=1S/C16H25N3O2/c1-18(16(20)11-14-4-2-3-9-21-14)12-13-5-7-19-8-6-17-15(19)10-13/h6,8,13-14H,2-5,7,9-12H2,1H3/t13-,14+/m0/s1. The first-order valence-electron chi connectivity index (χ1n) is 8.08. The lowest BCUT2D eigenvalue weighted by Crippen LogP contribution is -2.37. The minimum Gasteiger partial charge on any atom is -0.378 e. The highest BCUT2D eigenvalue weighted by Crippen LogP contribution is 2.21. The Morgan fingerprint density at radius 1 is 1.48 bits per heavy atom. The SMILES string of the molecule is CN(C[C@H]1CCn2ccnc2C1)C(=O)C[C@H]1CCCCO1. The van der Waals surface area contributed by atoms with Gasteiger partial charge in [-0.15, -0.1) is 0 Å². The number of carbonyl (C=O) groups excluding carboxylic acids is 1. The first-order chi connectivity index (χ1) is 10.2. The number of ether oxygens (including phenoxy) is 1. The Balaban J connectivity index is 1.47. The molecule has 0 aliphatic carbocycles. The summed E-state index contributed by atoms with van der Waals surface area (Å²) < 4.78 is 7.88. The van der Waals surface area contributed by atoms with Gasteiger partial charge in [-0.1, -0.05) is 0 Å². The van der Waals surface area contributed by atoms with Crippen molar-refractivity contribution < 1.29 is 9.53 Å². The van der Waals surface area contributed by atoms with Gasteiger partial charge in [0.2, 0.25) is 5.91 Å². The average molecular weight is 291 g/mol. The first kappa shape index (κ1) is 14.6. The van der Waals surface area contributed by atoms with E-state index >= 15 is 0 Å². The molecule has 3 heterocycles. The number of fused-ring (bicyclic) bond motifs is 1. The third kappa shape index (κ3) is 3.64. The molecule has 1 saturated heterocycles. The summed E-state index contributed by atoms with van der Waals surface area (Å²) in [5.74, 6) is 1.90. The molecule has 5 heteroatoms. The number of rotatable bonds is 4. The molecule has 1 aromatic heterocycles. The van der Waals surface area contributed by atoms with Gasteiger partial charge in [-0.05, 0) is 31.6 Å². The van der Waals surface area contributed by atoms with Crippen molar-refractivity contribution in [3.8, 4) is 0 Å². The maximum Gasteiger partial charge on any atom is 0.224 e. The van der Waals surface area contributed by atoms with E-state index < -0.39 is 0 Å². The van der Waals surface area contributed by atoms with Crippen molar-refractivity contribution in [2.75, 3.05) is 20.2 Å². The second-order valence-corrected chi connectivity index (χ2v) is 6.36. The zero-order chi connectivity index (χ0) is 14.7. The number of hydrogen-bond donors (Lipinski definition) is 0. The van der Waals surface area contributed by atoms with E-state index in [0.717, 1.165) is 51.2 Å². The van der Waals surface area contributed by atoms with E-state index in [9.17, 15) is 4.79 Å². The smallest absolute Gasteiger partial charge is 0.224 e. The topological polar surface area (TPSA) is 47.4 Å². The number of carbonyl (C=O) groups is 1. The van der Waals surface area contributed by atoms with Crippen LogP contribution in [0, 0.1) is 5.92 Å². The Morgan fingerprint density at radius 3 is 3.19 bits per heavy atom. The minimum atomic E-state index is 0.138. The van der Waals surface area contributed by atoms with E-state index in [1.165, 1.54) is 6.42 Å². The lowest BCUT2D eigenvalue weighted by atomic mass is 9.97. The summed E-state index contributed by atoms with van der Waals surface area (Å²) in [5.41, 5.74) is 0. The average Bonchev–Trinajstić information content (AvgIpc) is 2.95. The van der Waals surface area contributed by atoms with Crippen molar-refractivity contribution in [2.45, 2.75) is 51.2 Å². The van der Waals surface area contributed by atoms with Crippen molar-refractivity contribution in [3.63, 3.8) is 0 Å². The summed E-state index contributed by atoms with van der Waals surface area (Å²) in [5, 5.41) is 0. The Morgan fingerprint density at radius 2 is 2.38 bits per heavy atom. The highest BCUT2D eigenvalue weighted by molar-refractivity contribution is 5.76. The highest BCUT2D eigenvalue weighted by Gasteiger charge is 2.24. The van der Waals surface area contributed by atoms with Gasteiger partial charge in [0.05, 0.1) is 12.5 Å². The maximum atomic E-state index is 12.3. The maximum absolute atomic E-state index is 12.3. The van der Waals surface area contributed by atoms with Crippen LogP contribution in [-0.4, -0.2) is 46.7 Å². The molecule has 0 radical (unpaired) electrons. The summed E-state index contributed by atoms with van der Waals surface area (Å²) in [7, 11) is 1.92. The number of aromatic nitrogens is 2. The van der Waals surface area contributed by atoms with Crippen molar-refractivity contribution in [1.82, 2.24) is 14.5 Å². The number of imidazole rings is 1. The van der Waals surface area contributed by atoms with Crippen molar-refractivity contribution in [2.24, 2.45) is 5.92 Å². The van der Waals surface area contributed by atoms with Crippen LogP contribution in [0.2, 0.25) is 0 Å². The first-order valence-corrected chi connectivity index (χ1v) is 8.08. The molecule has 1 amide bonds. The Kier molecular flexibility index (Phi) is 4.58. The fraction of sp³-hybridized carbons (Fsp3) is 0.750. The summed E-state index contributed by atoms with van der Waals surface area (Å²) in [6.45, 7) is 2.67. The molecule has 0 aromatic carbocycles. The predicted octanol–water partition coefficient (Wildman–Crippen LogP) is 1.86. The number of aryl methyl sites for hydroxylation is 1. The molecule has 0 saturated carbocycles. The quantitative estimate of drug-likeness (QED) is 0.851. The molecule has 0 spiro atoms. The van der Waals surface area contributed by atoms with Gasteiger partial charge < -0.3 is 14.2 Å². The van der Waals surface area contributed by atoms with Gasteiger partial charge in [0.25, 0.3) is 0 Å². The van der Waals surface area contributed by atoms with Gasteiger partial charge in [-0.2, -0.15) is 0 Å². The van der Waals surface area contributed by atoms with Gasteiger partial charge in [0, 0.05) is 45.6 Å². The summed E-state index contributed by atoms with van der Waals surface area (Å²) in [4.78, 5) is 18.6. The van der Waals surface area contributed by atoms with Gasteiger partial charge >= 0.3 is 0 Å². The fourth-order valence-electron chi connectivity index (χ4n) is 3.38. The van der Waals surface area contributed by atoms with E-state index in [1.807, 2.05) is 24.3 Å². The summed E-state index contributed by atoms with van der Waals surface area (Å²) in [6.07, 6.45) is 10.0. The Bertz CT molecular complexity index is 480. The van der Waals surface area contributed by atoms with E-state index in [-0.39, 0.29) is 12.0 Å². The number of nitrogens with zero attached hydrogens (tertiary/aromatic N) is 3. The van der Waals surface area contributed by atoms with Crippen LogP contribution in [0.1, 0.15) is 37.9 Å². The number of amides is 1. The molecule has 3 rings (SSSR count). The molecular formula is C16H25N3O2. The van der Waals surface area contributed by atoms with Crippen LogP contribution in [0.15, 0.2) is 12.4 Å². The van der Waals surface area contributed by atoms with E-state index in [1.54, 1.807) is 0 Å². The van der Waals surface area contributed by atoms with Crippen LogP contribution < -0.4 is 0 Å². The second kappa shape index (κ2) is 6.60. The third-order valence-electron chi connectivity index (χ3n) is 4.69. The van der Waals surface area contributed by atoms with Gasteiger partial charge in [0.15, 0.2) is 0 Å². The van der Waals surface area contributed by atoms with Crippen LogP contribution >= 0.6 is 0 Å². The molecule has 1 fully saturated rings.